The van der Waals surface area contributed by atoms with E-state index in [0.717, 1.165) is 24.7 Å². The van der Waals surface area contributed by atoms with Crippen LogP contribution < -0.4 is 5.32 Å². The third-order valence-corrected chi connectivity index (χ3v) is 4.98. The molecule has 3 fully saturated rings. The molecule has 102 valence electrons. The van der Waals surface area contributed by atoms with Gasteiger partial charge in [-0.05, 0) is 38.7 Å². The van der Waals surface area contributed by atoms with Gasteiger partial charge in [-0.1, -0.05) is 6.42 Å². The molecule has 1 aromatic heterocycles. The molecule has 1 aliphatic heterocycles. The van der Waals surface area contributed by atoms with Crippen LogP contribution in [0.5, 0.6) is 0 Å². The first-order valence-corrected chi connectivity index (χ1v) is 7.53. The fraction of sp³-hybridized carbons (Fsp3) is 0.733. The van der Waals surface area contributed by atoms with E-state index >= 15 is 0 Å². The summed E-state index contributed by atoms with van der Waals surface area (Å²) in [7, 11) is 0. The largest absolute Gasteiger partial charge is 0.378 e. The van der Waals surface area contributed by atoms with Crippen molar-refractivity contribution >= 4 is 5.95 Å². The summed E-state index contributed by atoms with van der Waals surface area (Å²) in [4.78, 5) is 9.28. The second-order valence-electron chi connectivity index (χ2n) is 6.23. The Kier molecular flexibility index (Phi) is 2.72. The van der Waals surface area contributed by atoms with Crippen LogP contribution in [0, 0.1) is 12.8 Å². The number of aryl methyl sites for hydroxylation is 1. The van der Waals surface area contributed by atoms with Gasteiger partial charge < -0.3 is 10.1 Å². The third kappa shape index (κ3) is 2.02. The van der Waals surface area contributed by atoms with Crippen LogP contribution in [0.3, 0.4) is 0 Å². The fourth-order valence-electron chi connectivity index (χ4n) is 3.50. The summed E-state index contributed by atoms with van der Waals surface area (Å²) in [6.07, 6.45) is 6.72. The maximum Gasteiger partial charge on any atom is 0.223 e. The lowest BCUT2D eigenvalue weighted by atomic mass is 9.76. The highest BCUT2D eigenvalue weighted by molar-refractivity contribution is 5.33. The van der Waals surface area contributed by atoms with Crippen LogP contribution in [0.2, 0.25) is 0 Å². The van der Waals surface area contributed by atoms with E-state index in [1.165, 1.54) is 31.4 Å². The Morgan fingerprint density at radius 1 is 1.26 bits per heavy atom. The molecule has 3 aliphatic rings. The second kappa shape index (κ2) is 4.44. The van der Waals surface area contributed by atoms with E-state index < -0.39 is 0 Å². The number of nitrogens with one attached hydrogen (secondary N) is 1. The van der Waals surface area contributed by atoms with Crippen molar-refractivity contribution in [3.63, 3.8) is 0 Å². The van der Waals surface area contributed by atoms with Crippen molar-refractivity contribution in [2.24, 2.45) is 5.92 Å². The summed E-state index contributed by atoms with van der Waals surface area (Å²) in [5.74, 6) is 2.18. The average molecular weight is 259 g/mol. The molecule has 0 unspecified atom stereocenters. The molecule has 1 aromatic rings. The van der Waals surface area contributed by atoms with Crippen molar-refractivity contribution in [1.29, 1.82) is 0 Å². The first kappa shape index (κ1) is 11.6. The smallest absolute Gasteiger partial charge is 0.223 e. The van der Waals surface area contributed by atoms with Gasteiger partial charge in [-0.25, -0.2) is 9.97 Å². The molecule has 2 saturated carbocycles. The van der Waals surface area contributed by atoms with E-state index in [0.29, 0.717) is 24.0 Å². The molecule has 0 radical (unpaired) electrons. The summed E-state index contributed by atoms with van der Waals surface area (Å²) in [5.41, 5.74) is 2.32. The summed E-state index contributed by atoms with van der Waals surface area (Å²) < 4.78 is 5.65. The lowest BCUT2D eigenvalue weighted by Crippen LogP contribution is -2.47. The zero-order valence-electron chi connectivity index (χ0n) is 11.4. The van der Waals surface area contributed by atoms with Crippen LogP contribution in [0.1, 0.15) is 49.4 Å². The van der Waals surface area contributed by atoms with Gasteiger partial charge in [-0.2, -0.15) is 0 Å². The van der Waals surface area contributed by atoms with Gasteiger partial charge in [0.25, 0.3) is 0 Å². The highest BCUT2D eigenvalue weighted by atomic mass is 16.5. The second-order valence-corrected chi connectivity index (χ2v) is 6.23. The highest BCUT2D eigenvalue weighted by Crippen LogP contribution is 2.40. The Labute approximate surface area is 114 Å². The number of ether oxygens (including phenoxy) is 1. The number of aromatic nitrogens is 2. The van der Waals surface area contributed by atoms with E-state index in [-0.39, 0.29) is 0 Å². The van der Waals surface area contributed by atoms with Gasteiger partial charge in [0.2, 0.25) is 5.95 Å². The molecule has 2 aliphatic carbocycles. The maximum atomic E-state index is 5.65. The number of hydrogen-bond acceptors (Lipinski definition) is 4. The number of rotatable bonds is 3. The Morgan fingerprint density at radius 2 is 2.16 bits per heavy atom. The first-order valence-electron chi connectivity index (χ1n) is 7.53. The number of hydrogen-bond donors (Lipinski definition) is 1. The molecule has 1 saturated heterocycles. The molecule has 4 heteroatoms. The first-order chi connectivity index (χ1) is 9.29. The minimum atomic E-state index is 0.494. The Bertz CT molecular complexity index is 486. The number of fused-ring (bicyclic) bond motifs is 1. The topological polar surface area (TPSA) is 47.0 Å². The third-order valence-electron chi connectivity index (χ3n) is 4.98. The molecule has 0 amide bonds. The van der Waals surface area contributed by atoms with E-state index in [4.69, 9.17) is 9.72 Å². The minimum absolute atomic E-state index is 0.494. The predicted molar refractivity (Wildman–Crippen MR) is 73.2 cm³/mol. The van der Waals surface area contributed by atoms with Gasteiger partial charge in [-0.15, -0.1) is 0 Å². The van der Waals surface area contributed by atoms with Crippen molar-refractivity contribution in [2.75, 3.05) is 11.9 Å². The lowest BCUT2D eigenvalue weighted by Gasteiger charge is -2.39. The Balaban J connectivity index is 1.49. The molecule has 4 nitrogen and oxygen atoms in total. The van der Waals surface area contributed by atoms with Crippen molar-refractivity contribution in [3.05, 3.63) is 17.5 Å². The summed E-state index contributed by atoms with van der Waals surface area (Å²) in [5, 5.41) is 3.53. The Morgan fingerprint density at radius 3 is 2.89 bits per heavy atom. The van der Waals surface area contributed by atoms with Gasteiger partial charge in [0.05, 0.1) is 6.10 Å². The van der Waals surface area contributed by atoms with Crippen molar-refractivity contribution in [2.45, 2.75) is 57.1 Å². The van der Waals surface area contributed by atoms with E-state index in [1.807, 2.05) is 0 Å². The molecule has 4 rings (SSSR count). The van der Waals surface area contributed by atoms with Crippen LogP contribution in [0.25, 0.3) is 0 Å². The average Bonchev–Trinajstić information content (AvgIpc) is 2.64. The molecule has 0 spiro atoms. The zero-order valence-corrected chi connectivity index (χ0v) is 11.4. The van der Waals surface area contributed by atoms with Crippen LogP contribution in [0.4, 0.5) is 5.95 Å². The standard InChI is InChI=1S/C15H21N3O/c1-9-7-12(10-3-2-4-10)17-15(16-9)18-13-8-14-11(13)5-6-19-14/h7,10-11,13-14H,2-6,8H2,1H3,(H,16,17,18)/t11-,13+,14+/m1/s1. The normalized spacial score (nSPS) is 33.4. The zero-order chi connectivity index (χ0) is 12.8. The van der Waals surface area contributed by atoms with Crippen molar-refractivity contribution < 1.29 is 4.74 Å². The molecule has 19 heavy (non-hydrogen) atoms. The van der Waals surface area contributed by atoms with Gasteiger partial charge >= 0.3 is 0 Å². The molecule has 3 atom stereocenters. The molecule has 2 heterocycles. The molecular weight excluding hydrogens is 238 g/mol. The number of anilines is 1. The van der Waals surface area contributed by atoms with E-state index in [2.05, 4.69) is 23.3 Å². The number of nitrogens with zero attached hydrogens (tertiary/aromatic N) is 2. The highest BCUT2D eigenvalue weighted by Gasteiger charge is 2.45. The Hall–Kier alpha value is -1.16. The monoisotopic (exact) mass is 259 g/mol. The summed E-state index contributed by atoms with van der Waals surface area (Å²) in [6.45, 7) is 2.99. The fourth-order valence-corrected chi connectivity index (χ4v) is 3.50. The van der Waals surface area contributed by atoms with Gasteiger partial charge in [-0.3, -0.25) is 0 Å². The maximum absolute atomic E-state index is 5.65. The van der Waals surface area contributed by atoms with Gasteiger partial charge in [0.15, 0.2) is 0 Å². The quantitative estimate of drug-likeness (QED) is 0.906. The summed E-state index contributed by atoms with van der Waals surface area (Å²) >= 11 is 0. The van der Waals surface area contributed by atoms with Gasteiger partial charge in [0, 0.05) is 35.9 Å². The van der Waals surface area contributed by atoms with Crippen LogP contribution in [-0.4, -0.2) is 28.7 Å². The molecule has 0 bridgehead atoms. The molecule has 0 aromatic carbocycles. The van der Waals surface area contributed by atoms with Crippen LogP contribution in [-0.2, 0) is 4.74 Å². The van der Waals surface area contributed by atoms with Gasteiger partial charge in [0.1, 0.15) is 0 Å². The van der Waals surface area contributed by atoms with Crippen molar-refractivity contribution in [3.8, 4) is 0 Å². The van der Waals surface area contributed by atoms with E-state index in [1.54, 1.807) is 0 Å². The SMILES string of the molecule is Cc1cc(C2CCC2)nc(N[C@H]2C[C@@H]3OCC[C@H]23)n1. The van der Waals surface area contributed by atoms with Crippen molar-refractivity contribution in [1.82, 2.24) is 9.97 Å². The van der Waals surface area contributed by atoms with Crippen LogP contribution in [0.15, 0.2) is 6.07 Å². The summed E-state index contributed by atoms with van der Waals surface area (Å²) in [6, 6.07) is 2.67. The molecular formula is C15H21N3O. The van der Waals surface area contributed by atoms with Crippen LogP contribution >= 0.6 is 0 Å². The molecule has 1 N–H and O–H groups in total. The minimum Gasteiger partial charge on any atom is -0.378 e. The lowest BCUT2D eigenvalue weighted by molar-refractivity contribution is 0.0245. The van der Waals surface area contributed by atoms with E-state index in [9.17, 15) is 0 Å². The predicted octanol–water partition coefficient (Wildman–Crippen LogP) is 2.64.